The summed E-state index contributed by atoms with van der Waals surface area (Å²) < 4.78 is 26.5. The van der Waals surface area contributed by atoms with Crippen LogP contribution in [0.2, 0.25) is 0 Å². The van der Waals surface area contributed by atoms with E-state index in [0.29, 0.717) is 0 Å². The van der Waals surface area contributed by atoms with Crippen LogP contribution in [0.4, 0.5) is 0 Å². The van der Waals surface area contributed by atoms with Gasteiger partial charge in [-0.2, -0.15) is 8.42 Å². The molecule has 0 bridgehead atoms. The minimum atomic E-state index is -3.38. The van der Waals surface area contributed by atoms with Crippen LogP contribution in [0.15, 0.2) is 0 Å². The van der Waals surface area contributed by atoms with Gasteiger partial charge in [0.1, 0.15) is 0 Å². The van der Waals surface area contributed by atoms with Crippen LogP contribution >= 0.6 is 0 Å². The number of rotatable bonds is 6. The lowest BCUT2D eigenvalue weighted by atomic mass is 10.00. The van der Waals surface area contributed by atoms with Crippen molar-refractivity contribution in [2.45, 2.75) is 32.8 Å². The lowest BCUT2D eigenvalue weighted by Crippen LogP contribution is -2.32. The summed E-state index contributed by atoms with van der Waals surface area (Å²) in [5.41, 5.74) is 5.42. The first-order chi connectivity index (χ1) is 5.90. The third-order valence-electron chi connectivity index (χ3n) is 1.91. The molecule has 0 saturated carbocycles. The van der Waals surface area contributed by atoms with Crippen molar-refractivity contribution in [3.63, 3.8) is 0 Å². The Hall–Kier alpha value is -0.130. The molecule has 80 valence electrons. The summed E-state index contributed by atoms with van der Waals surface area (Å²) in [7, 11) is -3.38. The Kier molecular flexibility index (Phi) is 5.51. The molecule has 13 heavy (non-hydrogen) atoms. The normalized spacial score (nSPS) is 16.9. The fraction of sp³-hybridized carbons (Fsp3) is 1.00. The highest BCUT2D eigenvalue weighted by atomic mass is 32.2. The molecule has 0 aliphatic heterocycles. The smallest absolute Gasteiger partial charge is 0.264 e. The summed E-state index contributed by atoms with van der Waals surface area (Å²) in [6.07, 6.45) is 2.60. The van der Waals surface area contributed by atoms with E-state index in [-0.39, 0.29) is 18.6 Å². The molecule has 0 spiro atoms. The van der Waals surface area contributed by atoms with Crippen molar-refractivity contribution in [2.75, 3.05) is 12.8 Å². The first-order valence-electron chi connectivity index (χ1n) is 4.49. The molecule has 0 fully saturated rings. The average Bonchev–Trinajstić information content (AvgIpc) is 1.99. The molecular formula is C8H19NO3S. The molecule has 0 amide bonds. The van der Waals surface area contributed by atoms with Crippen molar-refractivity contribution in [2.24, 2.45) is 11.7 Å². The van der Waals surface area contributed by atoms with Gasteiger partial charge in [-0.1, -0.05) is 20.3 Å². The van der Waals surface area contributed by atoms with Crippen LogP contribution in [-0.4, -0.2) is 27.3 Å². The largest absolute Gasteiger partial charge is 0.328 e. The van der Waals surface area contributed by atoms with Crippen molar-refractivity contribution >= 4 is 10.1 Å². The van der Waals surface area contributed by atoms with Crippen LogP contribution in [0.1, 0.15) is 26.7 Å². The van der Waals surface area contributed by atoms with Crippen LogP contribution in [0.25, 0.3) is 0 Å². The lowest BCUT2D eigenvalue weighted by Gasteiger charge is -2.20. The maximum atomic E-state index is 10.8. The van der Waals surface area contributed by atoms with Crippen molar-refractivity contribution in [1.29, 1.82) is 0 Å². The van der Waals surface area contributed by atoms with Gasteiger partial charge in [0, 0.05) is 6.54 Å². The number of hydrogen-bond acceptors (Lipinski definition) is 4. The molecule has 0 aromatic rings. The van der Waals surface area contributed by atoms with Crippen LogP contribution < -0.4 is 5.73 Å². The molecule has 0 heterocycles. The molecule has 0 aromatic heterocycles. The minimum absolute atomic E-state index is 0.185. The van der Waals surface area contributed by atoms with Crippen LogP contribution in [0.3, 0.4) is 0 Å². The van der Waals surface area contributed by atoms with Crippen LogP contribution in [0, 0.1) is 5.92 Å². The monoisotopic (exact) mass is 209 g/mol. The Morgan fingerprint density at radius 2 is 2.00 bits per heavy atom. The fourth-order valence-electron chi connectivity index (χ4n) is 1.23. The maximum Gasteiger partial charge on any atom is 0.264 e. The topological polar surface area (TPSA) is 69.4 Å². The third kappa shape index (κ3) is 6.01. The maximum absolute atomic E-state index is 10.8. The molecular weight excluding hydrogens is 190 g/mol. The van der Waals surface area contributed by atoms with Gasteiger partial charge in [0.15, 0.2) is 0 Å². The molecule has 0 aliphatic rings. The first-order valence-corrected chi connectivity index (χ1v) is 6.30. The standard InChI is InChI=1S/C8H19NO3S/c1-4-5-7(2)8(6-9)12-13(3,10)11/h7-8H,4-6,9H2,1-3H3. The molecule has 0 rings (SSSR count). The van der Waals surface area contributed by atoms with Gasteiger partial charge in [-0.3, -0.25) is 4.18 Å². The van der Waals surface area contributed by atoms with Crippen LogP contribution in [0.5, 0.6) is 0 Å². The summed E-state index contributed by atoms with van der Waals surface area (Å²) in [5, 5.41) is 0. The molecule has 2 N–H and O–H groups in total. The van der Waals surface area contributed by atoms with Crippen molar-refractivity contribution in [3.05, 3.63) is 0 Å². The van der Waals surface area contributed by atoms with Crippen molar-refractivity contribution in [3.8, 4) is 0 Å². The zero-order valence-electron chi connectivity index (χ0n) is 8.49. The number of hydrogen-bond donors (Lipinski definition) is 1. The summed E-state index contributed by atoms with van der Waals surface area (Å²) in [5.74, 6) is 0.185. The van der Waals surface area contributed by atoms with Gasteiger partial charge in [-0.05, 0) is 12.3 Å². The fourth-order valence-corrected chi connectivity index (χ4v) is 1.95. The predicted octanol–water partition coefficient (Wildman–Crippen LogP) is 0.726. The molecule has 4 nitrogen and oxygen atoms in total. The van der Waals surface area contributed by atoms with Gasteiger partial charge in [-0.15, -0.1) is 0 Å². The molecule has 0 aliphatic carbocycles. The quantitative estimate of drug-likeness (QED) is 0.655. The second-order valence-electron chi connectivity index (χ2n) is 3.34. The predicted molar refractivity (Wildman–Crippen MR) is 52.8 cm³/mol. The molecule has 0 radical (unpaired) electrons. The van der Waals surface area contributed by atoms with Gasteiger partial charge in [0.2, 0.25) is 0 Å². The minimum Gasteiger partial charge on any atom is -0.328 e. The van der Waals surface area contributed by atoms with E-state index in [1.54, 1.807) is 0 Å². The Bertz CT molecular complexity index is 226. The molecule has 5 heteroatoms. The van der Waals surface area contributed by atoms with Gasteiger partial charge < -0.3 is 5.73 Å². The van der Waals surface area contributed by atoms with Crippen LogP contribution in [-0.2, 0) is 14.3 Å². The second-order valence-corrected chi connectivity index (χ2v) is 4.94. The highest BCUT2D eigenvalue weighted by Gasteiger charge is 2.19. The molecule has 0 saturated heterocycles. The molecule has 0 aromatic carbocycles. The van der Waals surface area contributed by atoms with Gasteiger partial charge in [0.25, 0.3) is 10.1 Å². The van der Waals surface area contributed by atoms with E-state index >= 15 is 0 Å². The Balaban J connectivity index is 4.18. The second kappa shape index (κ2) is 5.57. The SMILES string of the molecule is CCCC(C)C(CN)OS(C)(=O)=O. The Morgan fingerprint density at radius 1 is 1.46 bits per heavy atom. The van der Waals surface area contributed by atoms with Gasteiger partial charge in [0.05, 0.1) is 12.4 Å². The summed E-state index contributed by atoms with van der Waals surface area (Å²) in [4.78, 5) is 0. The summed E-state index contributed by atoms with van der Waals surface area (Å²) >= 11 is 0. The van der Waals surface area contributed by atoms with E-state index in [1.807, 2.05) is 13.8 Å². The Labute approximate surface area is 80.6 Å². The molecule has 2 atom stereocenters. The highest BCUT2D eigenvalue weighted by Crippen LogP contribution is 2.14. The highest BCUT2D eigenvalue weighted by molar-refractivity contribution is 7.86. The number of nitrogens with two attached hydrogens (primary N) is 1. The van der Waals surface area contributed by atoms with Crippen molar-refractivity contribution < 1.29 is 12.6 Å². The first kappa shape index (κ1) is 12.9. The lowest BCUT2D eigenvalue weighted by molar-refractivity contribution is 0.152. The molecule has 2 unspecified atom stereocenters. The Morgan fingerprint density at radius 3 is 2.31 bits per heavy atom. The van der Waals surface area contributed by atoms with E-state index in [1.165, 1.54) is 0 Å². The van der Waals surface area contributed by atoms with E-state index < -0.39 is 10.1 Å². The van der Waals surface area contributed by atoms with E-state index in [2.05, 4.69) is 0 Å². The van der Waals surface area contributed by atoms with Gasteiger partial charge >= 0.3 is 0 Å². The zero-order chi connectivity index (χ0) is 10.5. The zero-order valence-corrected chi connectivity index (χ0v) is 9.30. The van der Waals surface area contributed by atoms with Gasteiger partial charge in [-0.25, -0.2) is 0 Å². The summed E-state index contributed by atoms with van der Waals surface area (Å²) in [6.45, 7) is 4.24. The van der Waals surface area contributed by atoms with E-state index in [0.717, 1.165) is 19.1 Å². The third-order valence-corrected chi connectivity index (χ3v) is 2.51. The van der Waals surface area contributed by atoms with Crippen molar-refractivity contribution in [1.82, 2.24) is 0 Å². The van der Waals surface area contributed by atoms with E-state index in [4.69, 9.17) is 9.92 Å². The van der Waals surface area contributed by atoms with E-state index in [9.17, 15) is 8.42 Å². The summed E-state index contributed by atoms with van der Waals surface area (Å²) in [6, 6.07) is 0. The average molecular weight is 209 g/mol.